The van der Waals surface area contributed by atoms with Crippen LogP contribution < -0.4 is 0 Å². The molecule has 0 aromatic carbocycles. The van der Waals surface area contributed by atoms with Crippen LogP contribution in [-0.4, -0.2) is 37.5 Å². The maximum absolute atomic E-state index is 6.03. The molecule has 0 spiro atoms. The Balaban J connectivity index is 1.78. The molecule has 104 valence electrons. The Morgan fingerprint density at radius 3 is 2.90 bits per heavy atom. The highest BCUT2D eigenvalue weighted by Gasteiger charge is 2.47. The second-order valence-corrected chi connectivity index (χ2v) is 5.79. The van der Waals surface area contributed by atoms with Gasteiger partial charge in [-0.05, 0) is 13.8 Å². The smallest absolute Gasteiger partial charge is 0.165 e. The number of imidazole rings is 1. The summed E-state index contributed by atoms with van der Waals surface area (Å²) < 4.78 is 13.8. The number of nitrogens with zero attached hydrogens (tertiary/aromatic N) is 4. The van der Waals surface area contributed by atoms with Gasteiger partial charge in [-0.15, -0.1) is 0 Å². The van der Waals surface area contributed by atoms with E-state index in [1.165, 1.54) is 6.33 Å². The van der Waals surface area contributed by atoms with Gasteiger partial charge in [0, 0.05) is 0 Å². The molecule has 6 nitrogen and oxygen atoms in total. The van der Waals surface area contributed by atoms with Crippen molar-refractivity contribution in [2.75, 3.05) is 0 Å². The van der Waals surface area contributed by atoms with E-state index in [2.05, 4.69) is 21.0 Å². The minimum absolute atomic E-state index is 0.00209. The minimum Gasteiger partial charge on any atom is -0.342 e. The van der Waals surface area contributed by atoms with Crippen LogP contribution in [0.2, 0.25) is 5.15 Å². The van der Waals surface area contributed by atoms with Crippen LogP contribution in [-0.2, 0) is 9.47 Å². The molecular weight excluding hydrogens is 280 g/mol. The molecule has 0 N–H and O–H groups in total. The summed E-state index contributed by atoms with van der Waals surface area (Å²) in [5.41, 5.74) is 1.30. The third kappa shape index (κ3) is 1.69. The van der Waals surface area contributed by atoms with Crippen molar-refractivity contribution in [3.05, 3.63) is 30.0 Å². The lowest BCUT2D eigenvalue weighted by atomic mass is 10.2. The monoisotopic (exact) mass is 292 g/mol. The molecule has 3 heterocycles. The van der Waals surface area contributed by atoms with Crippen LogP contribution in [0.15, 0.2) is 24.8 Å². The van der Waals surface area contributed by atoms with Crippen LogP contribution in [0, 0.1) is 0 Å². The molecule has 0 radical (unpaired) electrons. The first-order valence-corrected chi connectivity index (χ1v) is 6.80. The number of rotatable bonds is 1. The van der Waals surface area contributed by atoms with Gasteiger partial charge >= 0.3 is 0 Å². The molecule has 0 bridgehead atoms. The van der Waals surface area contributed by atoms with E-state index in [1.54, 1.807) is 6.33 Å². The molecule has 1 fully saturated rings. The molecule has 2 aromatic heterocycles. The highest BCUT2D eigenvalue weighted by atomic mass is 35.5. The molecule has 4 rings (SSSR count). The van der Waals surface area contributed by atoms with Crippen LogP contribution in [0.3, 0.4) is 0 Å². The van der Waals surface area contributed by atoms with Crippen LogP contribution in [0.1, 0.15) is 19.9 Å². The fourth-order valence-corrected chi connectivity index (χ4v) is 3.03. The number of halogens is 1. The summed E-state index contributed by atoms with van der Waals surface area (Å²) in [6, 6.07) is -0.00209. The lowest BCUT2D eigenvalue weighted by Gasteiger charge is -2.21. The van der Waals surface area contributed by atoms with Crippen molar-refractivity contribution in [3.63, 3.8) is 0 Å². The molecule has 0 amide bonds. The van der Waals surface area contributed by atoms with Crippen LogP contribution in [0.5, 0.6) is 0 Å². The molecule has 0 unspecified atom stereocenters. The SMILES string of the molecule is CC1(C)O[C@H]2[C@H](C=C[C@@H]2n2cnc3c(Cl)ncnc32)O1. The van der Waals surface area contributed by atoms with Crippen LogP contribution in [0.4, 0.5) is 0 Å². The Morgan fingerprint density at radius 1 is 1.20 bits per heavy atom. The highest BCUT2D eigenvalue weighted by Crippen LogP contribution is 2.40. The largest absolute Gasteiger partial charge is 0.342 e. The normalized spacial score (nSPS) is 31.1. The van der Waals surface area contributed by atoms with E-state index in [4.69, 9.17) is 21.1 Å². The van der Waals surface area contributed by atoms with Crippen molar-refractivity contribution in [2.45, 2.75) is 37.9 Å². The van der Waals surface area contributed by atoms with Gasteiger partial charge in [-0.25, -0.2) is 15.0 Å². The standard InChI is InChI=1S/C13H13ClN4O2/c1-13(2)19-8-4-3-7(10(8)20-13)18-6-17-9-11(14)15-5-16-12(9)18/h3-8,10H,1-2H3/t7-,8-,10+/m0/s1. The Bertz CT molecular complexity index is 711. The van der Waals surface area contributed by atoms with E-state index in [9.17, 15) is 0 Å². The summed E-state index contributed by atoms with van der Waals surface area (Å²) in [6.45, 7) is 3.84. The molecule has 1 saturated heterocycles. The topological polar surface area (TPSA) is 62.1 Å². The van der Waals surface area contributed by atoms with E-state index in [1.807, 2.05) is 24.5 Å². The Morgan fingerprint density at radius 2 is 2.05 bits per heavy atom. The quantitative estimate of drug-likeness (QED) is 0.595. The lowest BCUT2D eigenvalue weighted by molar-refractivity contribution is -0.146. The van der Waals surface area contributed by atoms with Gasteiger partial charge in [-0.1, -0.05) is 23.8 Å². The first-order chi connectivity index (χ1) is 9.55. The molecule has 1 aliphatic heterocycles. The summed E-state index contributed by atoms with van der Waals surface area (Å²) in [4.78, 5) is 12.5. The van der Waals surface area contributed by atoms with Crippen LogP contribution in [0.25, 0.3) is 11.2 Å². The van der Waals surface area contributed by atoms with Gasteiger partial charge in [0.2, 0.25) is 0 Å². The third-order valence-corrected chi connectivity index (χ3v) is 3.91. The summed E-state index contributed by atoms with van der Waals surface area (Å²) >= 11 is 6.03. The second kappa shape index (κ2) is 4.00. The minimum atomic E-state index is -0.568. The molecule has 20 heavy (non-hydrogen) atoms. The number of hydrogen-bond acceptors (Lipinski definition) is 5. The van der Waals surface area contributed by atoms with Gasteiger partial charge in [0.25, 0.3) is 0 Å². The molecule has 0 saturated carbocycles. The zero-order chi connectivity index (χ0) is 13.9. The van der Waals surface area contributed by atoms with E-state index in [-0.39, 0.29) is 18.2 Å². The summed E-state index contributed by atoms with van der Waals surface area (Å²) in [5.74, 6) is -0.568. The van der Waals surface area contributed by atoms with E-state index >= 15 is 0 Å². The Labute approximate surface area is 120 Å². The van der Waals surface area contributed by atoms with Crippen molar-refractivity contribution < 1.29 is 9.47 Å². The number of hydrogen-bond donors (Lipinski definition) is 0. The maximum Gasteiger partial charge on any atom is 0.165 e. The molecule has 2 aromatic rings. The average molecular weight is 293 g/mol. The molecule has 3 atom stereocenters. The van der Waals surface area contributed by atoms with Gasteiger partial charge in [0.1, 0.15) is 24.1 Å². The first-order valence-electron chi connectivity index (χ1n) is 6.42. The lowest BCUT2D eigenvalue weighted by Crippen LogP contribution is -2.27. The van der Waals surface area contributed by atoms with E-state index in [0.29, 0.717) is 16.3 Å². The number of aromatic nitrogens is 4. The zero-order valence-electron chi connectivity index (χ0n) is 11.0. The summed E-state index contributed by atoms with van der Waals surface area (Å²) in [5, 5.41) is 0.358. The highest BCUT2D eigenvalue weighted by molar-refractivity contribution is 6.33. The predicted octanol–water partition coefficient (Wildman–Crippen LogP) is 2.11. The summed E-state index contributed by atoms with van der Waals surface area (Å²) in [6.07, 6.45) is 7.13. The summed E-state index contributed by atoms with van der Waals surface area (Å²) in [7, 11) is 0. The van der Waals surface area contributed by atoms with Crippen molar-refractivity contribution in [1.82, 2.24) is 19.5 Å². The van der Waals surface area contributed by atoms with E-state index < -0.39 is 5.79 Å². The average Bonchev–Trinajstić information content (AvgIpc) is 3.01. The van der Waals surface area contributed by atoms with Gasteiger partial charge in [-0.3, -0.25) is 0 Å². The predicted molar refractivity (Wildman–Crippen MR) is 72.3 cm³/mol. The van der Waals surface area contributed by atoms with Crippen molar-refractivity contribution >= 4 is 22.8 Å². The van der Waals surface area contributed by atoms with Gasteiger partial charge in [0.05, 0.1) is 12.4 Å². The zero-order valence-corrected chi connectivity index (χ0v) is 11.8. The Hall–Kier alpha value is -1.50. The molecular formula is C13H13ClN4O2. The van der Waals surface area contributed by atoms with Crippen molar-refractivity contribution in [2.24, 2.45) is 0 Å². The molecule has 7 heteroatoms. The maximum atomic E-state index is 6.03. The fourth-order valence-electron chi connectivity index (χ4n) is 2.86. The van der Waals surface area contributed by atoms with Gasteiger partial charge in [0.15, 0.2) is 16.6 Å². The second-order valence-electron chi connectivity index (χ2n) is 5.43. The van der Waals surface area contributed by atoms with Gasteiger partial charge in [-0.2, -0.15) is 0 Å². The number of ether oxygens (including phenoxy) is 2. The van der Waals surface area contributed by atoms with Gasteiger partial charge < -0.3 is 14.0 Å². The van der Waals surface area contributed by atoms with Crippen molar-refractivity contribution in [1.29, 1.82) is 0 Å². The first kappa shape index (κ1) is 12.3. The molecule has 2 aliphatic rings. The molecule has 1 aliphatic carbocycles. The third-order valence-electron chi connectivity index (χ3n) is 3.63. The van der Waals surface area contributed by atoms with E-state index in [0.717, 1.165) is 0 Å². The van der Waals surface area contributed by atoms with Crippen LogP contribution >= 0.6 is 11.6 Å². The fraction of sp³-hybridized carbons (Fsp3) is 0.462. The number of fused-ring (bicyclic) bond motifs is 2. The van der Waals surface area contributed by atoms with Crippen molar-refractivity contribution in [3.8, 4) is 0 Å². The Kier molecular flexibility index (Phi) is 2.45.